The number of amides is 1. The van der Waals surface area contributed by atoms with Gasteiger partial charge >= 0.3 is 0 Å². The zero-order valence-electron chi connectivity index (χ0n) is 20.8. The molecule has 8 nitrogen and oxygen atoms in total. The van der Waals surface area contributed by atoms with Gasteiger partial charge in [-0.05, 0) is 42.9 Å². The fourth-order valence-electron chi connectivity index (χ4n) is 4.05. The van der Waals surface area contributed by atoms with E-state index in [1.165, 1.54) is 32.0 Å². The number of hydrogen-bond donors (Lipinski definition) is 2. The van der Waals surface area contributed by atoms with Crippen molar-refractivity contribution < 1.29 is 13.9 Å². The molecule has 0 saturated carbocycles. The van der Waals surface area contributed by atoms with Crippen molar-refractivity contribution in [1.82, 2.24) is 20.2 Å². The van der Waals surface area contributed by atoms with Crippen molar-refractivity contribution in [2.75, 3.05) is 57.1 Å². The van der Waals surface area contributed by atoms with Gasteiger partial charge in [-0.15, -0.1) is 0 Å². The second-order valence-electron chi connectivity index (χ2n) is 8.43. The zero-order valence-corrected chi connectivity index (χ0v) is 20.8. The van der Waals surface area contributed by atoms with Gasteiger partial charge in [-0.1, -0.05) is 19.1 Å². The summed E-state index contributed by atoms with van der Waals surface area (Å²) in [5, 5.41) is 5.74. The Bertz CT molecular complexity index is 1210. The van der Waals surface area contributed by atoms with E-state index in [0.717, 1.165) is 38.4 Å². The van der Waals surface area contributed by atoms with E-state index in [-0.39, 0.29) is 17.2 Å². The molecule has 2 N–H and O–H groups in total. The Morgan fingerprint density at radius 2 is 1.78 bits per heavy atom. The van der Waals surface area contributed by atoms with Gasteiger partial charge < -0.3 is 25.2 Å². The van der Waals surface area contributed by atoms with Gasteiger partial charge in [0.15, 0.2) is 11.6 Å². The summed E-state index contributed by atoms with van der Waals surface area (Å²) in [6, 6.07) is 11.1. The number of aromatic nitrogens is 2. The lowest BCUT2D eigenvalue weighted by molar-refractivity contribution is 0.0962. The summed E-state index contributed by atoms with van der Waals surface area (Å²) in [4.78, 5) is 25.6. The monoisotopic (exact) mass is 490 g/mol. The van der Waals surface area contributed by atoms with E-state index < -0.39 is 5.82 Å². The van der Waals surface area contributed by atoms with Crippen LogP contribution >= 0.6 is 0 Å². The van der Waals surface area contributed by atoms with Crippen molar-refractivity contribution in [3.8, 4) is 5.75 Å². The molecule has 0 aliphatic carbocycles. The van der Waals surface area contributed by atoms with E-state index >= 15 is 0 Å². The van der Waals surface area contributed by atoms with Gasteiger partial charge in [-0.2, -0.15) is 0 Å². The van der Waals surface area contributed by atoms with Crippen molar-refractivity contribution in [2.24, 2.45) is 0 Å². The lowest BCUT2D eigenvalue weighted by Gasteiger charge is -2.35. The number of anilines is 3. The first-order valence-electron chi connectivity index (χ1n) is 11.9. The Kier molecular flexibility index (Phi) is 8.12. The number of carbonyl (C=O) groups is 1. The lowest BCUT2D eigenvalue weighted by Crippen LogP contribution is -2.46. The second kappa shape index (κ2) is 11.6. The molecule has 188 valence electrons. The first-order valence-corrected chi connectivity index (χ1v) is 11.9. The van der Waals surface area contributed by atoms with Gasteiger partial charge in [-0.25, -0.2) is 14.4 Å². The topological polar surface area (TPSA) is 82.6 Å². The maximum atomic E-state index is 14.7. The standard InChI is InChI=1S/C27H31FN6O2/c1-4-33-11-13-34(14-12-33)23-9-7-22(8-10-23)32-27-30-17-19(18-31-27)5-6-20-15-21(26(35)29-2)16-24(36-3)25(20)28/h5-10,15-18H,4,11-14H2,1-3H3,(H,29,35)(H,30,31,32)/b6-5+. The minimum absolute atomic E-state index is 0.000727. The SMILES string of the molecule is CCN1CCN(c2ccc(Nc3ncc(/C=C/c4cc(C(=O)NC)cc(OC)c4F)cn3)cc2)CC1. The molecular weight excluding hydrogens is 459 g/mol. The fourth-order valence-corrected chi connectivity index (χ4v) is 4.05. The van der Waals surface area contributed by atoms with Crippen LogP contribution in [0, 0.1) is 5.82 Å². The maximum absolute atomic E-state index is 14.7. The molecule has 0 radical (unpaired) electrons. The smallest absolute Gasteiger partial charge is 0.251 e. The van der Waals surface area contributed by atoms with Crippen LogP contribution in [0.5, 0.6) is 5.75 Å². The highest BCUT2D eigenvalue weighted by Crippen LogP contribution is 2.25. The van der Waals surface area contributed by atoms with E-state index in [1.54, 1.807) is 24.5 Å². The molecule has 1 aromatic heterocycles. The molecule has 3 aromatic rings. The highest BCUT2D eigenvalue weighted by molar-refractivity contribution is 5.95. The predicted octanol–water partition coefficient (Wildman–Crippen LogP) is 4.04. The molecule has 0 unspecified atom stereocenters. The Labute approximate surface area is 210 Å². The Morgan fingerprint density at radius 1 is 1.08 bits per heavy atom. The van der Waals surface area contributed by atoms with Crippen LogP contribution < -0.4 is 20.3 Å². The van der Waals surface area contributed by atoms with Gasteiger partial charge in [0.2, 0.25) is 5.95 Å². The summed E-state index contributed by atoms with van der Waals surface area (Å²) >= 11 is 0. The van der Waals surface area contributed by atoms with Crippen LogP contribution in [0.25, 0.3) is 12.2 Å². The highest BCUT2D eigenvalue weighted by Gasteiger charge is 2.16. The van der Waals surface area contributed by atoms with Gasteiger partial charge in [0, 0.05) is 73.7 Å². The summed E-state index contributed by atoms with van der Waals surface area (Å²) < 4.78 is 19.7. The molecule has 2 heterocycles. The molecule has 1 aliphatic rings. The number of methoxy groups -OCH3 is 1. The van der Waals surface area contributed by atoms with Crippen LogP contribution in [0.4, 0.5) is 21.7 Å². The summed E-state index contributed by atoms with van der Waals surface area (Å²) in [6.45, 7) is 7.54. The van der Waals surface area contributed by atoms with E-state index in [1.807, 2.05) is 12.1 Å². The molecular formula is C27H31FN6O2. The molecule has 36 heavy (non-hydrogen) atoms. The molecule has 4 rings (SSSR count). The number of carbonyl (C=O) groups excluding carboxylic acids is 1. The average Bonchev–Trinajstić information content (AvgIpc) is 2.93. The van der Waals surface area contributed by atoms with Crippen LogP contribution in [-0.2, 0) is 0 Å². The first kappa shape index (κ1) is 25.1. The molecule has 9 heteroatoms. The van der Waals surface area contributed by atoms with E-state index in [2.05, 4.69) is 49.5 Å². The average molecular weight is 491 g/mol. The Morgan fingerprint density at radius 3 is 2.39 bits per heavy atom. The van der Waals surface area contributed by atoms with Crippen molar-refractivity contribution >= 4 is 35.4 Å². The van der Waals surface area contributed by atoms with Crippen molar-refractivity contribution in [1.29, 1.82) is 0 Å². The van der Waals surface area contributed by atoms with Crippen LogP contribution in [0.3, 0.4) is 0 Å². The van der Waals surface area contributed by atoms with Crippen LogP contribution in [-0.4, -0.2) is 67.7 Å². The third-order valence-electron chi connectivity index (χ3n) is 6.21. The van der Waals surface area contributed by atoms with E-state index in [4.69, 9.17) is 4.74 Å². The predicted molar refractivity (Wildman–Crippen MR) is 141 cm³/mol. The Hall–Kier alpha value is -3.98. The van der Waals surface area contributed by atoms with Gasteiger partial charge in [0.1, 0.15) is 0 Å². The molecule has 2 aromatic carbocycles. The number of nitrogens with one attached hydrogen (secondary N) is 2. The number of piperazine rings is 1. The number of benzene rings is 2. The molecule has 0 atom stereocenters. The summed E-state index contributed by atoms with van der Waals surface area (Å²) in [7, 11) is 2.88. The summed E-state index contributed by atoms with van der Waals surface area (Å²) in [5.41, 5.74) is 3.33. The van der Waals surface area contributed by atoms with Crippen molar-refractivity contribution in [3.05, 3.63) is 71.3 Å². The van der Waals surface area contributed by atoms with Gasteiger partial charge in [-0.3, -0.25) is 4.79 Å². The minimum Gasteiger partial charge on any atom is -0.494 e. The van der Waals surface area contributed by atoms with Gasteiger partial charge in [0.25, 0.3) is 5.91 Å². The third kappa shape index (κ3) is 5.98. The lowest BCUT2D eigenvalue weighted by atomic mass is 10.1. The van der Waals surface area contributed by atoms with Crippen molar-refractivity contribution in [2.45, 2.75) is 6.92 Å². The van der Waals surface area contributed by atoms with Crippen LogP contribution in [0.1, 0.15) is 28.4 Å². The van der Waals surface area contributed by atoms with Crippen LogP contribution in [0.2, 0.25) is 0 Å². The number of ether oxygens (including phenoxy) is 1. The first-order chi connectivity index (χ1) is 17.5. The second-order valence-corrected chi connectivity index (χ2v) is 8.43. The number of hydrogen-bond acceptors (Lipinski definition) is 7. The molecule has 1 fully saturated rings. The number of rotatable bonds is 8. The molecule has 1 aliphatic heterocycles. The zero-order chi connectivity index (χ0) is 25.5. The van der Waals surface area contributed by atoms with Crippen LogP contribution in [0.15, 0.2) is 48.8 Å². The van der Waals surface area contributed by atoms with E-state index in [9.17, 15) is 9.18 Å². The minimum atomic E-state index is -0.545. The number of nitrogens with zero attached hydrogens (tertiary/aromatic N) is 4. The molecule has 0 bridgehead atoms. The van der Waals surface area contributed by atoms with Gasteiger partial charge in [0.05, 0.1) is 7.11 Å². The third-order valence-corrected chi connectivity index (χ3v) is 6.21. The number of halogens is 1. The summed E-state index contributed by atoms with van der Waals surface area (Å²) in [5.74, 6) is -0.406. The largest absolute Gasteiger partial charge is 0.494 e. The fraction of sp³-hybridized carbons (Fsp3) is 0.296. The quantitative estimate of drug-likeness (QED) is 0.493. The molecule has 0 spiro atoms. The molecule has 1 amide bonds. The van der Waals surface area contributed by atoms with E-state index in [0.29, 0.717) is 17.1 Å². The molecule has 1 saturated heterocycles. The number of likely N-dealkylation sites (N-methyl/N-ethyl adjacent to an activating group) is 1. The highest BCUT2D eigenvalue weighted by atomic mass is 19.1. The normalized spacial score (nSPS) is 14.2. The van der Waals surface area contributed by atoms with Crippen molar-refractivity contribution in [3.63, 3.8) is 0 Å². The summed E-state index contributed by atoms with van der Waals surface area (Å²) in [6.07, 6.45) is 6.54. The maximum Gasteiger partial charge on any atom is 0.251 e. The Balaban J connectivity index is 1.40.